The molecule has 1 fully saturated rings. The molecule has 1 aromatic heterocycles. The predicted octanol–water partition coefficient (Wildman–Crippen LogP) is 1.47. The summed E-state index contributed by atoms with van der Waals surface area (Å²) in [6.07, 6.45) is 0.654. The molecule has 1 aliphatic rings. The van der Waals surface area contributed by atoms with E-state index < -0.39 is 5.25 Å². The van der Waals surface area contributed by atoms with Crippen molar-refractivity contribution in [3.63, 3.8) is 0 Å². The fourth-order valence-corrected chi connectivity index (χ4v) is 3.91. The lowest BCUT2D eigenvalue weighted by molar-refractivity contribution is -0.126. The number of nitrogens with one attached hydrogen (secondary N) is 1. The van der Waals surface area contributed by atoms with Gasteiger partial charge in [0, 0.05) is 33.4 Å². The summed E-state index contributed by atoms with van der Waals surface area (Å²) < 4.78 is 6.66. The quantitative estimate of drug-likeness (QED) is 0.437. The van der Waals surface area contributed by atoms with Crippen LogP contribution in [0.1, 0.15) is 13.3 Å². The van der Waals surface area contributed by atoms with Crippen molar-refractivity contribution in [2.24, 2.45) is 0 Å². The van der Waals surface area contributed by atoms with Gasteiger partial charge in [0.05, 0.1) is 16.2 Å². The van der Waals surface area contributed by atoms with Crippen molar-refractivity contribution in [3.8, 4) is 0 Å². The van der Waals surface area contributed by atoms with Gasteiger partial charge < -0.3 is 10.1 Å². The third-order valence-electron chi connectivity index (χ3n) is 4.31. The average molecular weight is 390 g/mol. The monoisotopic (exact) mass is 390 g/mol. The second-order valence-corrected chi connectivity index (χ2v) is 7.50. The fourth-order valence-electron chi connectivity index (χ4n) is 2.91. The zero-order valence-electron chi connectivity index (χ0n) is 15.3. The third-order valence-corrected chi connectivity index (χ3v) is 5.39. The first-order valence-corrected chi connectivity index (χ1v) is 9.65. The van der Waals surface area contributed by atoms with Crippen LogP contribution in [0, 0.1) is 0 Å². The molecule has 1 N–H and O–H groups in total. The number of rotatable bonds is 7. The molecule has 0 saturated carbocycles. The van der Waals surface area contributed by atoms with E-state index in [0.717, 1.165) is 0 Å². The Kier molecular flexibility index (Phi) is 6.12. The third kappa shape index (κ3) is 4.14. The Bertz CT molecular complexity index is 914. The minimum atomic E-state index is -0.546. The number of ether oxygens (including phenoxy) is 1. The summed E-state index contributed by atoms with van der Waals surface area (Å²) in [4.78, 5) is 43.0. The van der Waals surface area contributed by atoms with Crippen LogP contribution in [0.5, 0.6) is 0 Å². The van der Waals surface area contributed by atoms with E-state index in [4.69, 9.17) is 4.74 Å². The van der Waals surface area contributed by atoms with Crippen LogP contribution in [-0.2, 0) is 16.1 Å². The molecule has 27 heavy (non-hydrogen) atoms. The summed E-state index contributed by atoms with van der Waals surface area (Å²) in [6, 6.07) is 6.77. The number of hydrogen-bond donors (Lipinski definition) is 1. The summed E-state index contributed by atoms with van der Waals surface area (Å²) in [5.74, 6) is -0.291. The number of carbonyl (C=O) groups excluding carboxylic acids is 2. The van der Waals surface area contributed by atoms with Crippen molar-refractivity contribution in [2.75, 3.05) is 26.8 Å². The van der Waals surface area contributed by atoms with Crippen molar-refractivity contribution in [2.45, 2.75) is 30.3 Å². The van der Waals surface area contributed by atoms with Gasteiger partial charge in [0.15, 0.2) is 5.16 Å². The van der Waals surface area contributed by atoms with Gasteiger partial charge in [-0.1, -0.05) is 23.9 Å². The molecule has 2 aromatic rings. The van der Waals surface area contributed by atoms with E-state index in [1.165, 1.54) is 16.7 Å². The van der Waals surface area contributed by atoms with Crippen LogP contribution in [0.2, 0.25) is 0 Å². The minimum Gasteiger partial charge on any atom is -0.385 e. The van der Waals surface area contributed by atoms with Crippen LogP contribution >= 0.6 is 11.8 Å². The van der Waals surface area contributed by atoms with Gasteiger partial charge in [0.25, 0.3) is 5.56 Å². The molecule has 144 valence electrons. The molecule has 8 nitrogen and oxygen atoms in total. The minimum absolute atomic E-state index is 0.141. The SMILES string of the molecule is COCCCn1c(S[C@@H](C)C(=O)N2CCNC2=O)nc2ccccc2c1=O. The Balaban J connectivity index is 1.91. The Hall–Kier alpha value is -2.39. The van der Waals surface area contributed by atoms with E-state index in [2.05, 4.69) is 10.3 Å². The summed E-state index contributed by atoms with van der Waals surface area (Å²) in [7, 11) is 1.61. The van der Waals surface area contributed by atoms with E-state index in [1.807, 2.05) is 6.07 Å². The molecular formula is C18H22N4O4S. The molecule has 0 aliphatic carbocycles. The van der Waals surface area contributed by atoms with E-state index in [1.54, 1.807) is 36.8 Å². The van der Waals surface area contributed by atoms with Gasteiger partial charge in [-0.25, -0.2) is 9.78 Å². The van der Waals surface area contributed by atoms with Crippen LogP contribution in [0.4, 0.5) is 4.79 Å². The van der Waals surface area contributed by atoms with Crippen LogP contribution in [0.25, 0.3) is 10.9 Å². The molecule has 3 rings (SSSR count). The van der Waals surface area contributed by atoms with E-state index in [0.29, 0.717) is 48.7 Å². The number of thioether (sulfide) groups is 1. The molecule has 3 amide bonds. The van der Waals surface area contributed by atoms with E-state index in [-0.39, 0.29) is 17.5 Å². The second kappa shape index (κ2) is 8.53. The number of amides is 3. The Labute approximate surface area is 160 Å². The highest BCUT2D eigenvalue weighted by Gasteiger charge is 2.31. The second-order valence-electron chi connectivity index (χ2n) is 6.20. The fraction of sp³-hybridized carbons (Fsp3) is 0.444. The molecule has 0 unspecified atom stereocenters. The van der Waals surface area contributed by atoms with Gasteiger partial charge in [-0.2, -0.15) is 0 Å². The predicted molar refractivity (Wildman–Crippen MR) is 103 cm³/mol. The normalized spacial score (nSPS) is 15.2. The standard InChI is InChI=1S/C18H22N4O4S/c1-12(15(23)21-10-8-19-17(21)25)27-18-20-14-7-4-3-6-13(14)16(24)22(18)9-5-11-26-2/h3-4,6-7,12H,5,8-11H2,1-2H3,(H,19,25)/t12-/m0/s1. The lowest BCUT2D eigenvalue weighted by Gasteiger charge is -2.19. The number of nitrogens with zero attached hydrogens (tertiary/aromatic N) is 3. The number of benzene rings is 1. The Morgan fingerprint density at radius 2 is 2.15 bits per heavy atom. The number of hydrogen-bond acceptors (Lipinski definition) is 6. The summed E-state index contributed by atoms with van der Waals surface area (Å²) in [6.45, 7) is 3.50. The van der Waals surface area contributed by atoms with Crippen LogP contribution in [0.15, 0.2) is 34.2 Å². The maximum absolute atomic E-state index is 12.9. The van der Waals surface area contributed by atoms with Crippen LogP contribution < -0.4 is 10.9 Å². The molecule has 1 atom stereocenters. The number of urea groups is 1. The molecule has 1 aliphatic heterocycles. The van der Waals surface area contributed by atoms with Crippen molar-refractivity contribution < 1.29 is 14.3 Å². The number of imide groups is 1. The summed E-state index contributed by atoms with van der Waals surface area (Å²) >= 11 is 1.19. The van der Waals surface area contributed by atoms with Gasteiger partial charge in [-0.15, -0.1) is 0 Å². The Morgan fingerprint density at radius 3 is 2.85 bits per heavy atom. The lowest BCUT2D eigenvalue weighted by Crippen LogP contribution is -2.39. The topological polar surface area (TPSA) is 93.5 Å². The van der Waals surface area contributed by atoms with Crippen LogP contribution in [0.3, 0.4) is 0 Å². The van der Waals surface area contributed by atoms with Gasteiger partial charge in [-0.3, -0.25) is 19.1 Å². The smallest absolute Gasteiger partial charge is 0.324 e. The first-order valence-electron chi connectivity index (χ1n) is 8.77. The molecule has 1 aromatic carbocycles. The van der Waals surface area contributed by atoms with Gasteiger partial charge in [0.1, 0.15) is 0 Å². The maximum atomic E-state index is 12.9. The number of aromatic nitrogens is 2. The van der Waals surface area contributed by atoms with Gasteiger partial charge in [-0.05, 0) is 25.5 Å². The molecule has 0 radical (unpaired) electrons. The largest absolute Gasteiger partial charge is 0.385 e. The van der Waals surface area contributed by atoms with Crippen molar-refractivity contribution in [3.05, 3.63) is 34.6 Å². The lowest BCUT2D eigenvalue weighted by atomic mass is 10.2. The van der Waals surface area contributed by atoms with Crippen LogP contribution in [-0.4, -0.2) is 58.4 Å². The number of methoxy groups -OCH3 is 1. The number of carbonyl (C=O) groups is 2. The number of fused-ring (bicyclic) bond motifs is 1. The van der Waals surface area contributed by atoms with Gasteiger partial charge >= 0.3 is 6.03 Å². The molecular weight excluding hydrogens is 368 g/mol. The van der Waals surface area contributed by atoms with Gasteiger partial charge in [0.2, 0.25) is 5.91 Å². The highest BCUT2D eigenvalue weighted by molar-refractivity contribution is 8.00. The highest BCUT2D eigenvalue weighted by Crippen LogP contribution is 2.24. The van der Waals surface area contributed by atoms with Crippen molar-refractivity contribution in [1.82, 2.24) is 19.8 Å². The maximum Gasteiger partial charge on any atom is 0.324 e. The molecule has 0 spiro atoms. The zero-order chi connectivity index (χ0) is 19.4. The molecule has 1 saturated heterocycles. The van der Waals surface area contributed by atoms with E-state index >= 15 is 0 Å². The zero-order valence-corrected chi connectivity index (χ0v) is 16.1. The Morgan fingerprint density at radius 1 is 1.37 bits per heavy atom. The molecule has 0 bridgehead atoms. The molecule has 9 heteroatoms. The average Bonchev–Trinajstić information content (AvgIpc) is 3.09. The molecule has 2 heterocycles. The number of para-hydroxylation sites is 1. The van der Waals surface area contributed by atoms with E-state index in [9.17, 15) is 14.4 Å². The first kappa shape index (κ1) is 19.4. The van der Waals surface area contributed by atoms with Crippen molar-refractivity contribution in [1.29, 1.82) is 0 Å². The van der Waals surface area contributed by atoms with Crippen molar-refractivity contribution >= 4 is 34.6 Å². The summed E-state index contributed by atoms with van der Waals surface area (Å²) in [5, 5.41) is 3.08. The first-order chi connectivity index (χ1) is 13.0. The highest BCUT2D eigenvalue weighted by atomic mass is 32.2. The summed E-state index contributed by atoms with van der Waals surface area (Å²) in [5.41, 5.74) is 0.448.